The predicted molar refractivity (Wildman–Crippen MR) is 80.4 cm³/mol. The summed E-state index contributed by atoms with van der Waals surface area (Å²) in [5, 5.41) is 0. The molecule has 0 atom stereocenters. The van der Waals surface area contributed by atoms with E-state index < -0.39 is 0 Å². The van der Waals surface area contributed by atoms with Crippen LogP contribution in [0.25, 0.3) is 0 Å². The van der Waals surface area contributed by atoms with Gasteiger partial charge in [-0.05, 0) is 72.6 Å². The van der Waals surface area contributed by atoms with Crippen LogP contribution in [0, 0.1) is 0 Å². The summed E-state index contributed by atoms with van der Waals surface area (Å²) in [6.45, 7) is 9.03. The van der Waals surface area contributed by atoms with Crippen molar-refractivity contribution in [2.24, 2.45) is 0 Å². The molecule has 0 saturated carbocycles. The van der Waals surface area contributed by atoms with Crippen molar-refractivity contribution in [3.05, 3.63) is 22.3 Å². The number of hydrogen-bond acceptors (Lipinski definition) is 0. The highest BCUT2D eigenvalue weighted by molar-refractivity contribution is 5.14. The lowest BCUT2D eigenvalue weighted by atomic mass is 10.1. The van der Waals surface area contributed by atoms with Crippen LogP contribution in [0.4, 0.5) is 0 Å². The summed E-state index contributed by atoms with van der Waals surface area (Å²) in [4.78, 5) is 0. The zero-order valence-corrected chi connectivity index (χ0v) is 11.7. The normalized spacial score (nSPS) is 20.5. The van der Waals surface area contributed by atoms with Crippen LogP contribution in [-0.2, 0) is 0 Å². The molecule has 0 N–H and O–H groups in total. The lowest BCUT2D eigenvalue weighted by molar-refractivity contribution is 0.706. The molecule has 0 spiro atoms. The average Bonchev–Trinajstić information content (AvgIpc) is 2.52. The van der Waals surface area contributed by atoms with Gasteiger partial charge >= 0.3 is 0 Å². The smallest absolute Gasteiger partial charge is 0.0317 e. The molecule has 2 aliphatic rings. The van der Waals surface area contributed by atoms with E-state index in [0.29, 0.717) is 0 Å². The molecule has 0 amide bonds. The van der Waals surface area contributed by atoms with Gasteiger partial charge in [-0.25, -0.2) is 0 Å². The minimum Gasteiger partial charge on any atom is -0.0776 e. The minimum absolute atomic E-state index is 0. The highest BCUT2D eigenvalue weighted by Gasteiger charge is 2.03. The van der Waals surface area contributed by atoms with E-state index >= 15 is 0 Å². The van der Waals surface area contributed by atoms with Gasteiger partial charge < -0.3 is 0 Å². The Kier molecular flexibility index (Phi) is 8.29. The summed E-state index contributed by atoms with van der Waals surface area (Å²) in [5.74, 6) is 0. The van der Waals surface area contributed by atoms with Crippen molar-refractivity contribution in [2.45, 2.75) is 86.5 Å². The van der Waals surface area contributed by atoms with Gasteiger partial charge in [-0.15, -0.1) is 0 Å². The van der Waals surface area contributed by atoms with Gasteiger partial charge in [-0.3, -0.25) is 0 Å². The third kappa shape index (κ3) is 6.10. The second kappa shape index (κ2) is 8.55. The van der Waals surface area contributed by atoms with E-state index in [0.717, 1.165) is 0 Å². The second-order valence-corrected chi connectivity index (χ2v) is 5.54. The van der Waals surface area contributed by atoms with E-state index in [-0.39, 0.29) is 7.43 Å². The lowest BCUT2D eigenvalue weighted by Gasteiger charge is -1.99. The van der Waals surface area contributed by atoms with Gasteiger partial charge in [0, 0.05) is 0 Å². The van der Waals surface area contributed by atoms with Gasteiger partial charge in [-0.1, -0.05) is 36.1 Å². The van der Waals surface area contributed by atoms with Gasteiger partial charge in [0.1, 0.15) is 0 Å². The Balaban J connectivity index is 0.000000292. The van der Waals surface area contributed by atoms with Gasteiger partial charge in [-0.2, -0.15) is 0 Å². The molecule has 2 aliphatic carbocycles. The van der Waals surface area contributed by atoms with Crippen molar-refractivity contribution in [1.82, 2.24) is 0 Å². The Labute approximate surface area is 109 Å². The molecule has 0 heteroatoms. The Morgan fingerprint density at radius 1 is 0.471 bits per heavy atom. The van der Waals surface area contributed by atoms with Crippen molar-refractivity contribution in [3.8, 4) is 0 Å². The Morgan fingerprint density at radius 3 is 1.06 bits per heavy atom. The lowest BCUT2D eigenvalue weighted by Crippen LogP contribution is -1.78. The van der Waals surface area contributed by atoms with Crippen LogP contribution in [-0.4, -0.2) is 0 Å². The largest absolute Gasteiger partial charge is 0.0776 e. The molecule has 0 saturated heterocycles. The molecule has 0 aliphatic heterocycles. The molecule has 100 valence electrons. The van der Waals surface area contributed by atoms with E-state index in [1.54, 1.807) is 22.3 Å². The molecule has 0 aromatic heterocycles. The maximum Gasteiger partial charge on any atom is -0.0317 e. The number of allylic oxidation sites excluding steroid dienone is 4. The summed E-state index contributed by atoms with van der Waals surface area (Å²) < 4.78 is 0. The van der Waals surface area contributed by atoms with Crippen LogP contribution in [0.3, 0.4) is 0 Å². The van der Waals surface area contributed by atoms with Crippen molar-refractivity contribution in [2.75, 3.05) is 0 Å². The fourth-order valence-corrected chi connectivity index (χ4v) is 2.43. The SMILES string of the molecule is C.CC1=C(C)CCC1.CC1=C(C)CCCCC1. The molecule has 0 aromatic carbocycles. The highest BCUT2D eigenvalue weighted by Crippen LogP contribution is 2.24. The number of hydrogen-bond donors (Lipinski definition) is 0. The second-order valence-electron chi connectivity index (χ2n) is 5.54. The fourth-order valence-electron chi connectivity index (χ4n) is 2.43. The van der Waals surface area contributed by atoms with E-state index in [1.165, 1.54) is 51.4 Å². The first-order valence-corrected chi connectivity index (χ1v) is 6.91. The minimum atomic E-state index is 0. The van der Waals surface area contributed by atoms with E-state index in [9.17, 15) is 0 Å². The standard InChI is InChI=1S/C9H16.C7H12.CH4/c1-8-6-4-3-5-7-9(8)2;1-6-4-3-5-7(6)2;/h3-7H2,1-2H3;3-5H2,1-2H3;1H4. The van der Waals surface area contributed by atoms with Gasteiger partial charge in [0.25, 0.3) is 0 Å². The summed E-state index contributed by atoms with van der Waals surface area (Å²) in [6, 6.07) is 0. The molecule has 0 heterocycles. The average molecular weight is 236 g/mol. The maximum absolute atomic E-state index is 2.28. The van der Waals surface area contributed by atoms with E-state index in [4.69, 9.17) is 0 Å². The summed E-state index contributed by atoms with van der Waals surface area (Å²) >= 11 is 0. The quantitative estimate of drug-likeness (QED) is 0.425. The zero-order valence-electron chi connectivity index (χ0n) is 11.7. The zero-order chi connectivity index (χ0) is 12.0. The van der Waals surface area contributed by atoms with Crippen LogP contribution in [0.5, 0.6) is 0 Å². The molecule has 0 fully saturated rings. The van der Waals surface area contributed by atoms with Gasteiger partial charge in [0.15, 0.2) is 0 Å². The third-order valence-corrected chi connectivity index (χ3v) is 4.16. The van der Waals surface area contributed by atoms with Gasteiger partial charge in [0.2, 0.25) is 0 Å². The van der Waals surface area contributed by atoms with Crippen LogP contribution >= 0.6 is 0 Å². The van der Waals surface area contributed by atoms with E-state index in [2.05, 4.69) is 27.7 Å². The molecule has 0 nitrogen and oxygen atoms in total. The Morgan fingerprint density at radius 2 is 0.765 bits per heavy atom. The molecule has 0 bridgehead atoms. The molecule has 0 radical (unpaired) electrons. The molecule has 17 heavy (non-hydrogen) atoms. The summed E-state index contributed by atoms with van der Waals surface area (Å²) in [7, 11) is 0. The fraction of sp³-hybridized carbons (Fsp3) is 0.765. The van der Waals surface area contributed by atoms with Crippen molar-refractivity contribution < 1.29 is 0 Å². The predicted octanol–water partition coefficient (Wildman–Crippen LogP) is 6.43. The highest BCUT2D eigenvalue weighted by atomic mass is 14.1. The van der Waals surface area contributed by atoms with Crippen molar-refractivity contribution >= 4 is 0 Å². The van der Waals surface area contributed by atoms with E-state index in [1.807, 2.05) is 0 Å². The van der Waals surface area contributed by atoms with Crippen molar-refractivity contribution in [3.63, 3.8) is 0 Å². The van der Waals surface area contributed by atoms with Crippen molar-refractivity contribution in [1.29, 1.82) is 0 Å². The molecule has 2 rings (SSSR count). The maximum atomic E-state index is 2.28. The monoisotopic (exact) mass is 236 g/mol. The van der Waals surface area contributed by atoms with Crippen LogP contribution < -0.4 is 0 Å². The topological polar surface area (TPSA) is 0 Å². The Bertz CT molecular complexity index is 252. The first-order chi connectivity index (χ1) is 7.61. The van der Waals surface area contributed by atoms with Crippen LogP contribution in [0.15, 0.2) is 22.3 Å². The van der Waals surface area contributed by atoms with Gasteiger partial charge in [0.05, 0.1) is 0 Å². The molecular weight excluding hydrogens is 204 g/mol. The number of rotatable bonds is 0. The van der Waals surface area contributed by atoms with Crippen LogP contribution in [0.1, 0.15) is 86.5 Å². The van der Waals surface area contributed by atoms with Crippen LogP contribution in [0.2, 0.25) is 0 Å². The summed E-state index contributed by atoms with van der Waals surface area (Å²) in [6.07, 6.45) is 11.1. The molecule has 0 unspecified atom stereocenters. The summed E-state index contributed by atoms with van der Waals surface area (Å²) in [5.41, 5.74) is 6.54. The Hall–Kier alpha value is -0.520. The first kappa shape index (κ1) is 16.5. The first-order valence-electron chi connectivity index (χ1n) is 6.91. The molecule has 0 aromatic rings. The molecular formula is C17H32. The third-order valence-electron chi connectivity index (χ3n) is 4.16.